The lowest BCUT2D eigenvalue weighted by Crippen LogP contribution is -1.98. The molecular weight excluding hydrogens is 314 g/mol. The standard InChI is InChI=1S/C17H11NO4S/c19-17(16-2-1-11-23-16)12-3-7-14(8-4-12)22-15-9-5-13(6-10-15)18(20)21/h1-11H. The maximum Gasteiger partial charge on any atom is 0.269 e. The van der Waals surface area contributed by atoms with E-state index < -0.39 is 4.92 Å². The first-order valence-corrected chi connectivity index (χ1v) is 7.62. The van der Waals surface area contributed by atoms with Crippen LogP contribution in [0.25, 0.3) is 0 Å². The van der Waals surface area contributed by atoms with Gasteiger partial charge in [0.05, 0.1) is 9.80 Å². The van der Waals surface area contributed by atoms with Crippen LogP contribution in [-0.2, 0) is 0 Å². The fraction of sp³-hybridized carbons (Fsp3) is 0. The summed E-state index contributed by atoms with van der Waals surface area (Å²) in [6.07, 6.45) is 0. The van der Waals surface area contributed by atoms with Crippen molar-refractivity contribution in [3.63, 3.8) is 0 Å². The molecule has 0 unspecified atom stereocenters. The number of thiophene rings is 1. The Bertz CT molecular complexity index is 824. The zero-order chi connectivity index (χ0) is 16.2. The van der Waals surface area contributed by atoms with Gasteiger partial charge in [-0.3, -0.25) is 14.9 Å². The highest BCUT2D eigenvalue weighted by molar-refractivity contribution is 7.12. The maximum absolute atomic E-state index is 12.2. The van der Waals surface area contributed by atoms with Crippen molar-refractivity contribution in [3.8, 4) is 11.5 Å². The summed E-state index contributed by atoms with van der Waals surface area (Å²) in [5.41, 5.74) is 0.595. The Morgan fingerprint density at radius 2 is 1.57 bits per heavy atom. The van der Waals surface area contributed by atoms with Crippen LogP contribution in [0.4, 0.5) is 5.69 Å². The van der Waals surface area contributed by atoms with E-state index in [1.165, 1.54) is 35.6 Å². The number of nitro benzene ring substituents is 1. The summed E-state index contributed by atoms with van der Waals surface area (Å²) in [6.45, 7) is 0. The number of hydrogen-bond acceptors (Lipinski definition) is 5. The first kappa shape index (κ1) is 14.9. The van der Waals surface area contributed by atoms with Crippen molar-refractivity contribution in [2.45, 2.75) is 0 Å². The number of carbonyl (C=O) groups excluding carboxylic acids is 1. The number of non-ortho nitro benzene ring substituents is 1. The van der Waals surface area contributed by atoms with Gasteiger partial charge in [0.1, 0.15) is 11.5 Å². The molecule has 6 heteroatoms. The van der Waals surface area contributed by atoms with Gasteiger partial charge in [-0.25, -0.2) is 0 Å². The van der Waals surface area contributed by atoms with Crippen molar-refractivity contribution in [1.82, 2.24) is 0 Å². The van der Waals surface area contributed by atoms with Gasteiger partial charge in [0.15, 0.2) is 0 Å². The van der Waals surface area contributed by atoms with Crippen LogP contribution in [0.1, 0.15) is 15.2 Å². The molecule has 0 N–H and O–H groups in total. The normalized spacial score (nSPS) is 10.3. The fourth-order valence-corrected chi connectivity index (χ4v) is 2.68. The molecular formula is C17H11NO4S. The van der Waals surface area contributed by atoms with E-state index in [-0.39, 0.29) is 11.5 Å². The van der Waals surface area contributed by atoms with Gasteiger partial charge in [-0.2, -0.15) is 0 Å². The van der Waals surface area contributed by atoms with E-state index in [0.29, 0.717) is 21.9 Å². The number of nitrogens with zero attached hydrogens (tertiary/aromatic N) is 1. The maximum atomic E-state index is 12.2. The lowest BCUT2D eigenvalue weighted by Gasteiger charge is -2.06. The van der Waals surface area contributed by atoms with Crippen molar-refractivity contribution in [2.24, 2.45) is 0 Å². The topological polar surface area (TPSA) is 69.4 Å². The molecule has 0 saturated carbocycles. The van der Waals surface area contributed by atoms with E-state index in [9.17, 15) is 14.9 Å². The molecule has 0 amide bonds. The predicted molar refractivity (Wildman–Crippen MR) is 87.4 cm³/mol. The molecule has 0 aliphatic rings. The van der Waals surface area contributed by atoms with Gasteiger partial charge in [-0.15, -0.1) is 11.3 Å². The largest absolute Gasteiger partial charge is 0.457 e. The van der Waals surface area contributed by atoms with Crippen LogP contribution in [0.3, 0.4) is 0 Å². The number of ether oxygens (including phenoxy) is 1. The Kier molecular flexibility index (Phi) is 4.16. The predicted octanol–water partition coefficient (Wildman–Crippen LogP) is 4.68. The second kappa shape index (κ2) is 6.41. The minimum atomic E-state index is -0.464. The van der Waals surface area contributed by atoms with Gasteiger partial charge in [0.25, 0.3) is 5.69 Å². The average molecular weight is 325 g/mol. The summed E-state index contributed by atoms with van der Waals surface area (Å²) in [7, 11) is 0. The van der Waals surface area contributed by atoms with E-state index in [1.807, 2.05) is 11.4 Å². The smallest absolute Gasteiger partial charge is 0.269 e. The van der Waals surface area contributed by atoms with Crippen molar-refractivity contribution in [2.75, 3.05) is 0 Å². The van der Waals surface area contributed by atoms with Gasteiger partial charge in [-0.05, 0) is 47.8 Å². The van der Waals surface area contributed by atoms with Crippen molar-refractivity contribution < 1.29 is 14.5 Å². The molecule has 114 valence electrons. The number of carbonyl (C=O) groups is 1. The Hall–Kier alpha value is -2.99. The van der Waals surface area contributed by atoms with Crippen molar-refractivity contribution in [3.05, 3.63) is 86.6 Å². The number of benzene rings is 2. The third-order valence-corrected chi connectivity index (χ3v) is 4.01. The zero-order valence-corrected chi connectivity index (χ0v) is 12.7. The highest BCUT2D eigenvalue weighted by Crippen LogP contribution is 2.25. The van der Waals surface area contributed by atoms with Crippen LogP contribution in [-0.4, -0.2) is 10.7 Å². The lowest BCUT2D eigenvalue weighted by molar-refractivity contribution is -0.384. The Morgan fingerprint density at radius 3 is 2.09 bits per heavy atom. The zero-order valence-electron chi connectivity index (χ0n) is 11.8. The molecule has 0 bridgehead atoms. The van der Waals surface area contributed by atoms with Gasteiger partial charge in [-0.1, -0.05) is 6.07 Å². The monoisotopic (exact) mass is 325 g/mol. The summed E-state index contributed by atoms with van der Waals surface area (Å²) >= 11 is 1.40. The van der Waals surface area contributed by atoms with Gasteiger partial charge in [0.2, 0.25) is 5.78 Å². The first-order chi connectivity index (χ1) is 11.1. The lowest BCUT2D eigenvalue weighted by atomic mass is 10.1. The van der Waals surface area contributed by atoms with E-state index >= 15 is 0 Å². The molecule has 0 saturated heterocycles. The first-order valence-electron chi connectivity index (χ1n) is 6.74. The molecule has 0 spiro atoms. The molecule has 1 aromatic heterocycles. The second-order valence-electron chi connectivity index (χ2n) is 4.68. The number of hydrogen-bond donors (Lipinski definition) is 0. The van der Waals surface area contributed by atoms with Crippen LogP contribution in [0.2, 0.25) is 0 Å². The molecule has 3 aromatic rings. The van der Waals surface area contributed by atoms with Crippen LogP contribution in [0.5, 0.6) is 11.5 Å². The molecule has 0 aliphatic carbocycles. The summed E-state index contributed by atoms with van der Waals surface area (Å²) in [4.78, 5) is 23.0. The van der Waals surface area contributed by atoms with Crippen LogP contribution in [0.15, 0.2) is 66.0 Å². The third kappa shape index (κ3) is 3.44. The quantitative estimate of drug-likeness (QED) is 0.388. The van der Waals surface area contributed by atoms with E-state index in [2.05, 4.69) is 0 Å². The van der Waals surface area contributed by atoms with Gasteiger partial charge >= 0.3 is 0 Å². The van der Waals surface area contributed by atoms with Crippen LogP contribution >= 0.6 is 11.3 Å². The number of nitro groups is 1. The third-order valence-electron chi connectivity index (χ3n) is 3.14. The average Bonchev–Trinajstić information content (AvgIpc) is 3.10. The van der Waals surface area contributed by atoms with Gasteiger partial charge < -0.3 is 4.74 Å². The minimum absolute atomic E-state index is 0.00856. The van der Waals surface area contributed by atoms with Crippen LogP contribution < -0.4 is 4.74 Å². The molecule has 0 fully saturated rings. The molecule has 1 heterocycles. The minimum Gasteiger partial charge on any atom is -0.457 e. The molecule has 0 radical (unpaired) electrons. The summed E-state index contributed by atoms with van der Waals surface area (Å²) < 4.78 is 5.61. The Morgan fingerprint density at radius 1 is 0.957 bits per heavy atom. The summed E-state index contributed by atoms with van der Waals surface area (Å²) in [5.74, 6) is 1.02. The molecule has 2 aromatic carbocycles. The highest BCUT2D eigenvalue weighted by atomic mass is 32.1. The summed E-state index contributed by atoms with van der Waals surface area (Å²) in [6, 6.07) is 16.2. The molecule has 0 atom stereocenters. The van der Waals surface area contributed by atoms with Crippen LogP contribution in [0, 0.1) is 10.1 Å². The molecule has 23 heavy (non-hydrogen) atoms. The molecule has 5 nitrogen and oxygen atoms in total. The highest BCUT2D eigenvalue weighted by Gasteiger charge is 2.10. The Balaban J connectivity index is 1.72. The second-order valence-corrected chi connectivity index (χ2v) is 5.63. The fourth-order valence-electron chi connectivity index (χ4n) is 2.00. The van der Waals surface area contributed by atoms with Gasteiger partial charge in [0, 0.05) is 17.7 Å². The van der Waals surface area contributed by atoms with Crippen molar-refractivity contribution in [1.29, 1.82) is 0 Å². The molecule has 3 rings (SSSR count). The number of rotatable bonds is 5. The van der Waals surface area contributed by atoms with E-state index in [0.717, 1.165) is 0 Å². The SMILES string of the molecule is O=C(c1ccc(Oc2ccc([N+](=O)[O-])cc2)cc1)c1cccs1. The summed E-state index contributed by atoms with van der Waals surface area (Å²) in [5, 5.41) is 12.5. The van der Waals surface area contributed by atoms with E-state index in [1.54, 1.807) is 30.3 Å². The number of ketones is 1. The van der Waals surface area contributed by atoms with Crippen molar-refractivity contribution >= 4 is 22.8 Å². The Labute approximate surface area is 135 Å². The molecule has 0 aliphatic heterocycles. The van der Waals surface area contributed by atoms with E-state index in [4.69, 9.17) is 4.74 Å².